The first-order valence-electron chi connectivity index (χ1n) is 20.3. The molecule has 1 heterocycles. The molecular weight excluding hydrogens is 703 g/mol. The molecule has 2 aliphatic rings. The molecule has 58 heavy (non-hydrogen) atoms. The van der Waals surface area contributed by atoms with Crippen molar-refractivity contribution >= 4 is 43.1 Å². The number of benzene rings is 9. The van der Waals surface area contributed by atoms with E-state index in [9.17, 15) is 0 Å². The number of fused-ring (bicyclic) bond motifs is 15. The van der Waals surface area contributed by atoms with Gasteiger partial charge in [0.25, 0.3) is 0 Å². The predicted molar refractivity (Wildman–Crippen MR) is 241 cm³/mol. The summed E-state index contributed by atoms with van der Waals surface area (Å²) in [5.41, 5.74) is 13.3. The second kappa shape index (κ2) is 11.8. The third-order valence-corrected chi connectivity index (χ3v) is 13.3. The van der Waals surface area contributed by atoms with Gasteiger partial charge in [-0.15, -0.1) is 0 Å². The molecule has 10 aromatic rings. The Morgan fingerprint density at radius 3 is 1.31 bits per heavy atom. The molecule has 2 aliphatic carbocycles. The third kappa shape index (κ3) is 4.47. The second-order valence-electron chi connectivity index (χ2n) is 17.1. The van der Waals surface area contributed by atoms with E-state index in [1.165, 1.54) is 82.2 Å². The van der Waals surface area contributed by atoms with E-state index in [2.05, 4.69) is 155 Å². The zero-order valence-corrected chi connectivity index (χ0v) is 32.9. The molecule has 12 rings (SSSR count). The molecule has 274 valence electrons. The van der Waals surface area contributed by atoms with E-state index < -0.39 is 0 Å². The van der Waals surface area contributed by atoms with Gasteiger partial charge in [0, 0.05) is 27.5 Å². The Hall–Kier alpha value is -6.97. The summed E-state index contributed by atoms with van der Waals surface area (Å²) in [4.78, 5) is 15.5. The van der Waals surface area contributed by atoms with E-state index >= 15 is 0 Å². The van der Waals surface area contributed by atoms with Crippen LogP contribution in [0.4, 0.5) is 0 Å². The lowest BCUT2D eigenvalue weighted by molar-refractivity contribution is 0.652. The molecule has 0 N–H and O–H groups in total. The summed E-state index contributed by atoms with van der Waals surface area (Å²) in [6.45, 7) is 9.62. The van der Waals surface area contributed by atoms with Crippen LogP contribution in [0.2, 0.25) is 0 Å². The molecule has 0 bridgehead atoms. The zero-order chi connectivity index (χ0) is 38.9. The summed E-state index contributed by atoms with van der Waals surface area (Å²) in [5.74, 6) is 2.02. The van der Waals surface area contributed by atoms with Crippen molar-refractivity contribution in [1.82, 2.24) is 15.0 Å². The number of aromatic nitrogens is 3. The van der Waals surface area contributed by atoms with Crippen LogP contribution in [-0.4, -0.2) is 15.0 Å². The van der Waals surface area contributed by atoms with Crippen LogP contribution in [0.15, 0.2) is 164 Å². The smallest absolute Gasteiger partial charge is 0.164 e. The van der Waals surface area contributed by atoms with Crippen molar-refractivity contribution in [2.75, 3.05) is 0 Å². The monoisotopic (exact) mass is 741 g/mol. The molecule has 0 saturated heterocycles. The van der Waals surface area contributed by atoms with E-state index in [1.807, 2.05) is 36.4 Å². The quantitative estimate of drug-likeness (QED) is 0.169. The Morgan fingerprint density at radius 2 is 0.724 bits per heavy atom. The molecule has 0 fully saturated rings. The molecule has 0 saturated carbocycles. The molecule has 0 atom stereocenters. The Morgan fingerprint density at radius 1 is 0.310 bits per heavy atom. The highest BCUT2D eigenvalue weighted by molar-refractivity contribution is 6.29. The van der Waals surface area contributed by atoms with Crippen molar-refractivity contribution in [3.05, 3.63) is 186 Å². The molecule has 0 aliphatic heterocycles. The minimum atomic E-state index is -0.289. The summed E-state index contributed by atoms with van der Waals surface area (Å²) in [7, 11) is 0. The minimum absolute atomic E-state index is 0.185. The lowest BCUT2D eigenvalue weighted by atomic mass is 9.79. The Labute approximate surface area is 337 Å². The van der Waals surface area contributed by atoms with Crippen LogP contribution in [0.3, 0.4) is 0 Å². The van der Waals surface area contributed by atoms with E-state index in [0.717, 1.165) is 22.1 Å². The van der Waals surface area contributed by atoms with Crippen molar-refractivity contribution in [3.8, 4) is 56.4 Å². The number of nitrogens with zero attached hydrogens (tertiary/aromatic N) is 3. The van der Waals surface area contributed by atoms with Crippen LogP contribution in [0, 0.1) is 0 Å². The van der Waals surface area contributed by atoms with Crippen LogP contribution in [0.1, 0.15) is 49.9 Å². The maximum Gasteiger partial charge on any atom is 0.164 e. The van der Waals surface area contributed by atoms with Crippen molar-refractivity contribution in [3.63, 3.8) is 0 Å². The fraction of sp³-hybridized carbons (Fsp3) is 0.109. The molecular formula is C55H39N3. The van der Waals surface area contributed by atoms with Crippen molar-refractivity contribution < 1.29 is 0 Å². The lowest BCUT2D eigenvalue weighted by Crippen LogP contribution is -2.17. The van der Waals surface area contributed by atoms with Crippen LogP contribution >= 0.6 is 0 Å². The van der Waals surface area contributed by atoms with Gasteiger partial charge in [-0.1, -0.05) is 173 Å². The number of hydrogen-bond acceptors (Lipinski definition) is 3. The standard InChI is InChI=1S/C55H39N3/c1-54(2)44-28-27-40-36-23-12-11-21-34(36)35-22-13-16-26-39(35)49(40)50(44)43-31-45-42(30-46(43)54)48-38-25-15-14-24-37(38)41(29-47(48)55(45,3)4)53-57-51(32-17-7-5-8-18-32)56-52(58-53)33-19-9-6-10-20-33/h5-31H,1-4H3. The highest BCUT2D eigenvalue weighted by Crippen LogP contribution is 2.59. The van der Waals surface area contributed by atoms with Crippen LogP contribution in [0.5, 0.6) is 0 Å². The minimum Gasteiger partial charge on any atom is -0.208 e. The van der Waals surface area contributed by atoms with Gasteiger partial charge in [-0.3, -0.25) is 0 Å². The third-order valence-electron chi connectivity index (χ3n) is 13.3. The summed E-state index contributed by atoms with van der Waals surface area (Å²) in [5, 5.41) is 10.3. The summed E-state index contributed by atoms with van der Waals surface area (Å²) in [6, 6.07) is 59.5. The second-order valence-corrected chi connectivity index (χ2v) is 17.1. The van der Waals surface area contributed by atoms with Crippen LogP contribution < -0.4 is 0 Å². The molecule has 9 aromatic carbocycles. The van der Waals surface area contributed by atoms with Gasteiger partial charge in [0.1, 0.15) is 0 Å². The SMILES string of the molecule is CC1(C)c2cc3c(cc2-c2c1cc(-c1nc(-c4ccccc4)nc(-c4ccccc4)n1)c1ccccc21)C(C)(C)c1ccc2c4ccccc4c4ccccc4c2c1-3. The van der Waals surface area contributed by atoms with Gasteiger partial charge in [-0.05, 0) is 106 Å². The lowest BCUT2D eigenvalue weighted by Gasteiger charge is -2.24. The highest BCUT2D eigenvalue weighted by Gasteiger charge is 2.43. The maximum absolute atomic E-state index is 5.22. The fourth-order valence-corrected chi connectivity index (χ4v) is 10.4. The summed E-state index contributed by atoms with van der Waals surface area (Å²) in [6.07, 6.45) is 0. The van der Waals surface area contributed by atoms with Crippen molar-refractivity contribution in [2.24, 2.45) is 0 Å². The highest BCUT2D eigenvalue weighted by atomic mass is 15.0. The van der Waals surface area contributed by atoms with Gasteiger partial charge >= 0.3 is 0 Å². The molecule has 0 unspecified atom stereocenters. The molecule has 0 radical (unpaired) electrons. The van der Waals surface area contributed by atoms with Crippen LogP contribution in [-0.2, 0) is 10.8 Å². The summed E-state index contributed by atoms with van der Waals surface area (Å²) < 4.78 is 0. The average Bonchev–Trinajstić information content (AvgIpc) is 3.64. The average molecular weight is 742 g/mol. The van der Waals surface area contributed by atoms with E-state index in [4.69, 9.17) is 15.0 Å². The molecule has 0 spiro atoms. The Balaban J connectivity index is 1.12. The van der Waals surface area contributed by atoms with Gasteiger partial charge in [-0.25, -0.2) is 15.0 Å². The zero-order valence-electron chi connectivity index (χ0n) is 32.9. The molecule has 0 amide bonds. The normalized spacial score (nSPS) is 14.5. The predicted octanol–water partition coefficient (Wildman–Crippen LogP) is 14.1. The number of rotatable bonds is 3. The van der Waals surface area contributed by atoms with Gasteiger partial charge in [0.05, 0.1) is 0 Å². The number of hydrogen-bond donors (Lipinski definition) is 0. The topological polar surface area (TPSA) is 38.7 Å². The molecule has 1 aromatic heterocycles. The first kappa shape index (κ1) is 33.2. The largest absolute Gasteiger partial charge is 0.208 e. The van der Waals surface area contributed by atoms with E-state index in [1.54, 1.807) is 0 Å². The summed E-state index contributed by atoms with van der Waals surface area (Å²) >= 11 is 0. The Bertz CT molecular complexity index is 3290. The van der Waals surface area contributed by atoms with E-state index in [-0.39, 0.29) is 10.8 Å². The maximum atomic E-state index is 5.22. The first-order valence-corrected chi connectivity index (χ1v) is 20.3. The van der Waals surface area contributed by atoms with E-state index in [0.29, 0.717) is 17.5 Å². The van der Waals surface area contributed by atoms with Crippen LogP contribution in [0.25, 0.3) is 99.5 Å². The first-order chi connectivity index (χ1) is 28.3. The van der Waals surface area contributed by atoms with Crippen molar-refractivity contribution in [2.45, 2.75) is 38.5 Å². The Kier molecular flexibility index (Phi) is 6.74. The molecule has 3 nitrogen and oxygen atoms in total. The van der Waals surface area contributed by atoms with Gasteiger partial charge in [0.15, 0.2) is 17.5 Å². The van der Waals surface area contributed by atoms with Gasteiger partial charge < -0.3 is 0 Å². The fourth-order valence-electron chi connectivity index (χ4n) is 10.4. The van der Waals surface area contributed by atoms with Gasteiger partial charge in [-0.2, -0.15) is 0 Å². The van der Waals surface area contributed by atoms with Crippen molar-refractivity contribution in [1.29, 1.82) is 0 Å². The molecule has 3 heteroatoms. The van der Waals surface area contributed by atoms with Gasteiger partial charge in [0.2, 0.25) is 0 Å².